The predicted octanol–water partition coefficient (Wildman–Crippen LogP) is 2.14. The van der Waals surface area contributed by atoms with Crippen molar-refractivity contribution in [3.8, 4) is 11.3 Å². The summed E-state index contributed by atoms with van der Waals surface area (Å²) in [5.74, 6) is 0.879. The van der Waals surface area contributed by atoms with Crippen LogP contribution in [-0.2, 0) is 0 Å². The lowest BCUT2D eigenvalue weighted by Gasteiger charge is -2.06. The van der Waals surface area contributed by atoms with E-state index in [0.717, 1.165) is 17.2 Å². The van der Waals surface area contributed by atoms with Crippen LogP contribution in [0.3, 0.4) is 0 Å². The second-order valence-corrected chi connectivity index (χ2v) is 3.38. The topological polar surface area (TPSA) is 31.9 Å². The number of aromatic nitrogens is 2. The largest absolute Gasteiger partial charge is 0.349 e. The number of imidazole rings is 1. The summed E-state index contributed by atoms with van der Waals surface area (Å²) in [7, 11) is 3.93. The number of hydrogen-bond acceptors (Lipinski definition) is 2. The Morgan fingerprint density at radius 1 is 1.14 bits per heavy atom. The van der Waals surface area contributed by atoms with Crippen LogP contribution in [0.15, 0.2) is 36.5 Å². The van der Waals surface area contributed by atoms with Gasteiger partial charge >= 0.3 is 0 Å². The van der Waals surface area contributed by atoms with Crippen molar-refractivity contribution in [2.75, 3.05) is 19.0 Å². The van der Waals surface area contributed by atoms with E-state index >= 15 is 0 Å². The van der Waals surface area contributed by atoms with Crippen LogP contribution in [0, 0.1) is 0 Å². The number of hydrogen-bond donors (Lipinski definition) is 1. The van der Waals surface area contributed by atoms with Gasteiger partial charge in [0.05, 0.1) is 11.9 Å². The summed E-state index contributed by atoms with van der Waals surface area (Å²) in [6.45, 7) is 0. The van der Waals surface area contributed by atoms with E-state index in [1.807, 2.05) is 43.4 Å². The Kier molecular flexibility index (Phi) is 2.23. The number of anilines is 1. The molecule has 0 aliphatic carbocycles. The molecule has 0 radical (unpaired) electrons. The van der Waals surface area contributed by atoms with Crippen LogP contribution in [0.5, 0.6) is 0 Å². The van der Waals surface area contributed by atoms with Crippen LogP contribution in [0.1, 0.15) is 0 Å². The summed E-state index contributed by atoms with van der Waals surface area (Å²) < 4.78 is 0. The zero-order chi connectivity index (χ0) is 9.97. The van der Waals surface area contributed by atoms with Crippen molar-refractivity contribution < 1.29 is 0 Å². The molecule has 3 heteroatoms. The van der Waals surface area contributed by atoms with Gasteiger partial charge in [0.25, 0.3) is 0 Å². The maximum absolute atomic E-state index is 4.26. The lowest BCUT2D eigenvalue weighted by atomic mass is 10.2. The maximum atomic E-state index is 4.26. The van der Waals surface area contributed by atoms with Gasteiger partial charge < -0.3 is 9.88 Å². The molecule has 0 fully saturated rings. The Morgan fingerprint density at radius 3 is 2.43 bits per heavy atom. The first kappa shape index (κ1) is 8.81. The van der Waals surface area contributed by atoms with Gasteiger partial charge in [0.15, 0.2) is 0 Å². The van der Waals surface area contributed by atoms with Crippen molar-refractivity contribution >= 4 is 5.95 Å². The van der Waals surface area contributed by atoms with Crippen LogP contribution in [0.25, 0.3) is 11.3 Å². The highest BCUT2D eigenvalue weighted by Gasteiger charge is 2.02. The number of benzene rings is 1. The first-order valence-corrected chi connectivity index (χ1v) is 4.55. The molecule has 2 rings (SSSR count). The number of rotatable bonds is 2. The average Bonchev–Trinajstić information content (AvgIpc) is 2.68. The molecule has 1 aromatic heterocycles. The summed E-state index contributed by atoms with van der Waals surface area (Å²) in [4.78, 5) is 9.46. The monoisotopic (exact) mass is 187 g/mol. The van der Waals surface area contributed by atoms with Gasteiger partial charge in [-0.15, -0.1) is 0 Å². The van der Waals surface area contributed by atoms with E-state index in [0.29, 0.717) is 0 Å². The molecule has 0 bridgehead atoms. The first-order chi connectivity index (χ1) is 6.77. The highest BCUT2D eigenvalue weighted by Crippen LogP contribution is 2.18. The Labute approximate surface area is 83.4 Å². The average molecular weight is 187 g/mol. The van der Waals surface area contributed by atoms with Crippen molar-refractivity contribution in [2.45, 2.75) is 0 Å². The fourth-order valence-corrected chi connectivity index (χ4v) is 1.30. The molecule has 72 valence electrons. The van der Waals surface area contributed by atoms with E-state index in [9.17, 15) is 0 Å². The van der Waals surface area contributed by atoms with Gasteiger partial charge in [-0.2, -0.15) is 0 Å². The van der Waals surface area contributed by atoms with Crippen molar-refractivity contribution in [2.24, 2.45) is 0 Å². The number of H-pyrrole nitrogens is 1. The van der Waals surface area contributed by atoms with Crippen LogP contribution in [-0.4, -0.2) is 24.1 Å². The second kappa shape index (κ2) is 3.54. The van der Waals surface area contributed by atoms with Gasteiger partial charge in [-0.25, -0.2) is 4.98 Å². The third-order valence-corrected chi connectivity index (χ3v) is 2.07. The molecule has 1 heterocycles. The van der Waals surface area contributed by atoms with E-state index in [1.165, 1.54) is 0 Å². The molecule has 0 unspecified atom stereocenters. The summed E-state index contributed by atoms with van der Waals surface area (Å²) >= 11 is 0. The summed E-state index contributed by atoms with van der Waals surface area (Å²) in [6, 6.07) is 10.2. The normalized spacial score (nSPS) is 10.1. The number of nitrogens with zero attached hydrogens (tertiary/aromatic N) is 2. The predicted molar refractivity (Wildman–Crippen MR) is 58.4 cm³/mol. The summed E-state index contributed by atoms with van der Waals surface area (Å²) in [5.41, 5.74) is 2.21. The fraction of sp³-hybridized carbons (Fsp3) is 0.182. The lowest BCUT2D eigenvalue weighted by Crippen LogP contribution is -2.09. The molecular formula is C11H13N3. The molecule has 1 aromatic carbocycles. The quantitative estimate of drug-likeness (QED) is 0.781. The fourth-order valence-electron chi connectivity index (χ4n) is 1.30. The SMILES string of the molecule is CN(C)c1ncc(-c2ccccc2)[nH]1. The third kappa shape index (κ3) is 1.62. The van der Waals surface area contributed by atoms with Crippen LogP contribution < -0.4 is 4.90 Å². The molecule has 0 aliphatic rings. The zero-order valence-corrected chi connectivity index (χ0v) is 8.36. The standard InChI is InChI=1S/C11H13N3/c1-14(2)11-12-8-10(13-11)9-6-4-3-5-7-9/h3-8H,1-2H3,(H,12,13). The first-order valence-electron chi connectivity index (χ1n) is 4.55. The molecule has 0 amide bonds. The molecule has 1 N–H and O–H groups in total. The third-order valence-electron chi connectivity index (χ3n) is 2.07. The van der Waals surface area contributed by atoms with Gasteiger partial charge in [0.2, 0.25) is 5.95 Å². The van der Waals surface area contributed by atoms with Gasteiger partial charge in [0, 0.05) is 14.1 Å². The Balaban J connectivity index is 2.34. The molecule has 14 heavy (non-hydrogen) atoms. The van der Waals surface area contributed by atoms with E-state index in [1.54, 1.807) is 0 Å². The van der Waals surface area contributed by atoms with Crippen LogP contribution in [0.4, 0.5) is 5.95 Å². The Hall–Kier alpha value is -1.77. The van der Waals surface area contributed by atoms with E-state index in [2.05, 4.69) is 22.1 Å². The van der Waals surface area contributed by atoms with Crippen LogP contribution >= 0.6 is 0 Å². The van der Waals surface area contributed by atoms with Gasteiger partial charge in [-0.05, 0) is 5.56 Å². The van der Waals surface area contributed by atoms with Gasteiger partial charge in [-0.3, -0.25) is 0 Å². The molecule has 0 aliphatic heterocycles. The molecule has 0 spiro atoms. The summed E-state index contributed by atoms with van der Waals surface area (Å²) in [6.07, 6.45) is 1.85. The van der Waals surface area contributed by atoms with E-state index in [4.69, 9.17) is 0 Å². The number of aromatic amines is 1. The zero-order valence-electron chi connectivity index (χ0n) is 8.36. The molecule has 0 atom stereocenters. The second-order valence-electron chi connectivity index (χ2n) is 3.38. The minimum absolute atomic E-state index is 0.879. The molecule has 0 saturated heterocycles. The van der Waals surface area contributed by atoms with E-state index in [-0.39, 0.29) is 0 Å². The van der Waals surface area contributed by atoms with Gasteiger partial charge in [0.1, 0.15) is 0 Å². The Morgan fingerprint density at radius 2 is 1.86 bits per heavy atom. The maximum Gasteiger partial charge on any atom is 0.202 e. The number of nitrogens with one attached hydrogen (secondary N) is 1. The Bertz CT molecular complexity index is 403. The lowest BCUT2D eigenvalue weighted by molar-refractivity contribution is 1.04. The van der Waals surface area contributed by atoms with Gasteiger partial charge in [-0.1, -0.05) is 30.3 Å². The molecule has 2 aromatic rings. The van der Waals surface area contributed by atoms with Crippen molar-refractivity contribution in [1.82, 2.24) is 9.97 Å². The highest BCUT2D eigenvalue weighted by molar-refractivity contribution is 5.60. The molecular weight excluding hydrogens is 174 g/mol. The van der Waals surface area contributed by atoms with Crippen molar-refractivity contribution in [3.05, 3.63) is 36.5 Å². The minimum Gasteiger partial charge on any atom is -0.349 e. The molecule has 3 nitrogen and oxygen atoms in total. The van der Waals surface area contributed by atoms with Crippen LogP contribution in [0.2, 0.25) is 0 Å². The smallest absolute Gasteiger partial charge is 0.202 e. The minimum atomic E-state index is 0.879. The summed E-state index contributed by atoms with van der Waals surface area (Å²) in [5, 5.41) is 0. The molecule has 0 saturated carbocycles. The highest BCUT2D eigenvalue weighted by atomic mass is 15.2. The van der Waals surface area contributed by atoms with Crippen molar-refractivity contribution in [3.63, 3.8) is 0 Å². The van der Waals surface area contributed by atoms with Crippen molar-refractivity contribution in [1.29, 1.82) is 0 Å². The van der Waals surface area contributed by atoms with E-state index < -0.39 is 0 Å².